The van der Waals surface area contributed by atoms with Gasteiger partial charge in [-0.15, -0.1) is 16.9 Å². The van der Waals surface area contributed by atoms with Crippen LogP contribution in [0.4, 0.5) is 0 Å². The third kappa shape index (κ3) is 3.68. The van der Waals surface area contributed by atoms with Crippen LogP contribution in [0, 0.1) is 0 Å². The first-order valence-electron chi connectivity index (χ1n) is 9.15. The Morgan fingerprint density at radius 3 is 2.60 bits per heavy atom. The van der Waals surface area contributed by atoms with Gasteiger partial charge in [-0.25, -0.2) is 13.5 Å². The van der Waals surface area contributed by atoms with Crippen molar-refractivity contribution in [2.75, 3.05) is 6.26 Å². The molecule has 3 N–H and O–H groups in total. The van der Waals surface area contributed by atoms with Crippen LogP contribution in [-0.4, -0.2) is 68.2 Å². The molecule has 0 radical (unpaired) electrons. The first-order chi connectivity index (χ1) is 14.1. The third-order valence-electron chi connectivity index (χ3n) is 5.09. The number of hydrogen-bond donors (Lipinski definition) is 3. The number of H-pyrrole nitrogens is 1. The number of aromatic nitrogens is 4. The Bertz CT molecular complexity index is 1060. The van der Waals surface area contributed by atoms with E-state index < -0.39 is 28.0 Å². The highest BCUT2D eigenvalue weighted by atomic mass is 32.2. The lowest BCUT2D eigenvalue weighted by atomic mass is 9.95. The van der Waals surface area contributed by atoms with Crippen molar-refractivity contribution in [1.82, 2.24) is 35.6 Å². The fourth-order valence-electron chi connectivity index (χ4n) is 3.84. The summed E-state index contributed by atoms with van der Waals surface area (Å²) in [6.07, 6.45) is 0.984. The van der Waals surface area contributed by atoms with Crippen LogP contribution in [-0.2, 0) is 19.6 Å². The number of nitrogens with one attached hydrogen (secondary N) is 3. The standard InChI is InChI=1S/C17H21N7O4S2/c1-17(2)12(13-19-22-23-20-13)24-15(26)11(16(24)29-17)18-14(25)10(21-30(3,27)28)9-7-5-4-6-8-9/h4-8,10-12,16,21H,1-3H3,(H,18,25)(H,19,20,22,23)/t10?,11?,12?,16-/m1/s1. The minimum atomic E-state index is -3.67. The molecule has 3 heterocycles. The monoisotopic (exact) mass is 451 g/mol. The van der Waals surface area contributed by atoms with Gasteiger partial charge >= 0.3 is 0 Å². The van der Waals surface area contributed by atoms with Gasteiger partial charge in [0.15, 0.2) is 5.82 Å². The number of amides is 2. The Labute approximate surface area is 177 Å². The second-order valence-corrected chi connectivity index (χ2v) is 11.3. The van der Waals surface area contributed by atoms with Crippen LogP contribution in [0.15, 0.2) is 30.3 Å². The minimum Gasteiger partial charge on any atom is -0.340 e. The molecule has 4 atom stereocenters. The topological polar surface area (TPSA) is 150 Å². The average molecular weight is 452 g/mol. The summed E-state index contributed by atoms with van der Waals surface area (Å²) in [4.78, 5) is 27.5. The molecule has 1 aromatic heterocycles. The smallest absolute Gasteiger partial charge is 0.249 e. The van der Waals surface area contributed by atoms with Gasteiger partial charge in [0.25, 0.3) is 0 Å². The fraction of sp³-hybridized carbons (Fsp3) is 0.471. The predicted molar refractivity (Wildman–Crippen MR) is 108 cm³/mol. The molecule has 13 heteroatoms. The normalized spacial score (nSPS) is 26.0. The first-order valence-corrected chi connectivity index (χ1v) is 11.9. The number of thioether (sulfide) groups is 1. The molecule has 4 rings (SSSR count). The summed E-state index contributed by atoms with van der Waals surface area (Å²) in [6, 6.07) is 6.22. The third-order valence-corrected chi connectivity index (χ3v) is 7.32. The van der Waals surface area contributed by atoms with E-state index in [1.807, 2.05) is 13.8 Å². The molecule has 1 aromatic carbocycles. The summed E-state index contributed by atoms with van der Waals surface area (Å²) in [5.74, 6) is -0.374. The maximum absolute atomic E-state index is 13.0. The molecule has 30 heavy (non-hydrogen) atoms. The van der Waals surface area contributed by atoms with E-state index in [4.69, 9.17) is 0 Å². The maximum Gasteiger partial charge on any atom is 0.249 e. The van der Waals surface area contributed by atoms with E-state index >= 15 is 0 Å². The van der Waals surface area contributed by atoms with Crippen molar-refractivity contribution < 1.29 is 18.0 Å². The lowest BCUT2D eigenvalue weighted by Gasteiger charge is -2.44. The summed E-state index contributed by atoms with van der Waals surface area (Å²) in [5, 5.41) is 16.3. The summed E-state index contributed by atoms with van der Waals surface area (Å²) in [5.41, 5.74) is 0.481. The van der Waals surface area contributed by atoms with Crippen LogP contribution in [0.5, 0.6) is 0 Å². The Kier molecular flexibility index (Phi) is 5.06. The van der Waals surface area contributed by atoms with Gasteiger partial charge in [0.2, 0.25) is 21.8 Å². The quantitative estimate of drug-likeness (QED) is 0.507. The molecular weight excluding hydrogens is 430 g/mol. The van der Waals surface area contributed by atoms with Gasteiger partial charge in [-0.3, -0.25) is 9.59 Å². The molecule has 0 bridgehead atoms. The van der Waals surface area contributed by atoms with E-state index in [-0.39, 0.29) is 22.1 Å². The van der Waals surface area contributed by atoms with Gasteiger partial charge in [0.05, 0.1) is 6.26 Å². The number of hydrogen-bond acceptors (Lipinski definition) is 8. The number of fused-ring (bicyclic) bond motifs is 1. The molecule has 0 aliphatic carbocycles. The van der Waals surface area contributed by atoms with Gasteiger partial charge in [-0.05, 0) is 29.8 Å². The van der Waals surface area contributed by atoms with Crippen molar-refractivity contribution in [1.29, 1.82) is 0 Å². The molecule has 2 aliphatic rings. The minimum absolute atomic E-state index is 0.265. The van der Waals surface area contributed by atoms with E-state index in [0.29, 0.717) is 11.4 Å². The molecule has 2 saturated heterocycles. The Hall–Kier alpha value is -2.51. The molecule has 11 nitrogen and oxygen atoms in total. The predicted octanol–water partition coefficient (Wildman–Crippen LogP) is -0.290. The average Bonchev–Trinajstić information content (AvgIpc) is 3.28. The zero-order chi connectivity index (χ0) is 21.7. The Morgan fingerprint density at radius 2 is 2.00 bits per heavy atom. The van der Waals surface area contributed by atoms with Gasteiger partial charge in [0, 0.05) is 4.75 Å². The van der Waals surface area contributed by atoms with Crippen LogP contribution in [0.3, 0.4) is 0 Å². The van der Waals surface area contributed by atoms with Crippen LogP contribution in [0.1, 0.15) is 37.3 Å². The van der Waals surface area contributed by atoms with Crippen LogP contribution < -0.4 is 10.0 Å². The van der Waals surface area contributed by atoms with Crippen molar-refractivity contribution in [2.45, 2.75) is 42.1 Å². The molecule has 2 aliphatic heterocycles. The van der Waals surface area contributed by atoms with Crippen molar-refractivity contribution in [3.63, 3.8) is 0 Å². The lowest BCUT2D eigenvalue weighted by molar-refractivity contribution is -0.152. The number of sulfonamides is 1. The van der Waals surface area contributed by atoms with E-state index in [0.717, 1.165) is 6.26 Å². The molecule has 3 unspecified atom stereocenters. The largest absolute Gasteiger partial charge is 0.340 e. The molecule has 0 saturated carbocycles. The summed E-state index contributed by atoms with van der Waals surface area (Å²) < 4.78 is 25.6. The second kappa shape index (κ2) is 7.32. The van der Waals surface area contributed by atoms with Crippen molar-refractivity contribution in [3.05, 3.63) is 41.7 Å². The molecule has 2 aromatic rings. The number of rotatable bonds is 6. The zero-order valence-corrected chi connectivity index (χ0v) is 18.1. The highest BCUT2D eigenvalue weighted by molar-refractivity contribution is 8.01. The van der Waals surface area contributed by atoms with Gasteiger partial charge < -0.3 is 10.2 Å². The van der Waals surface area contributed by atoms with E-state index in [2.05, 4.69) is 30.7 Å². The molecule has 2 fully saturated rings. The lowest BCUT2D eigenvalue weighted by Crippen LogP contribution is -2.68. The molecule has 0 spiro atoms. The van der Waals surface area contributed by atoms with Gasteiger partial charge in [0.1, 0.15) is 23.5 Å². The molecule has 160 valence electrons. The number of carbonyl (C=O) groups is 2. The fourth-order valence-corrected chi connectivity index (χ4v) is 6.15. The number of carbonyl (C=O) groups excluding carboxylic acids is 2. The van der Waals surface area contributed by atoms with Crippen LogP contribution in [0.2, 0.25) is 0 Å². The second-order valence-electron chi connectivity index (χ2n) is 7.77. The Morgan fingerprint density at radius 1 is 1.30 bits per heavy atom. The van der Waals surface area contributed by atoms with Crippen LogP contribution >= 0.6 is 11.8 Å². The number of nitrogens with zero attached hydrogens (tertiary/aromatic N) is 4. The number of aromatic amines is 1. The van der Waals surface area contributed by atoms with E-state index in [9.17, 15) is 18.0 Å². The van der Waals surface area contributed by atoms with Gasteiger partial charge in [-0.1, -0.05) is 30.3 Å². The first kappa shape index (κ1) is 20.8. The molecular formula is C17H21N7O4S2. The highest BCUT2D eigenvalue weighted by Gasteiger charge is 2.63. The number of tetrazole rings is 1. The maximum atomic E-state index is 13.0. The summed E-state index contributed by atoms with van der Waals surface area (Å²) in [6.45, 7) is 3.96. The van der Waals surface area contributed by atoms with Gasteiger partial charge in [-0.2, -0.15) is 4.72 Å². The Balaban J connectivity index is 1.54. The summed E-state index contributed by atoms with van der Waals surface area (Å²) >= 11 is 1.53. The number of benzene rings is 1. The van der Waals surface area contributed by atoms with E-state index in [1.165, 1.54) is 11.8 Å². The zero-order valence-electron chi connectivity index (χ0n) is 16.4. The molecule has 2 amide bonds. The van der Waals surface area contributed by atoms with Crippen molar-refractivity contribution in [2.24, 2.45) is 0 Å². The van der Waals surface area contributed by atoms with Crippen molar-refractivity contribution >= 4 is 33.6 Å². The van der Waals surface area contributed by atoms with E-state index in [1.54, 1.807) is 35.2 Å². The highest BCUT2D eigenvalue weighted by Crippen LogP contribution is 2.56. The van der Waals surface area contributed by atoms with Crippen molar-refractivity contribution in [3.8, 4) is 0 Å². The van der Waals surface area contributed by atoms with Crippen LogP contribution in [0.25, 0.3) is 0 Å². The SMILES string of the molecule is CC1(C)S[C@@H]2C(NC(=O)C(NS(C)(=O)=O)c3ccccc3)C(=O)N2C1c1nnn[nH]1. The number of β-lactam (4-membered cyclic amide) rings is 1. The summed E-state index contributed by atoms with van der Waals surface area (Å²) in [7, 11) is -3.67.